The van der Waals surface area contributed by atoms with E-state index in [1.54, 1.807) is 30.3 Å². The summed E-state index contributed by atoms with van der Waals surface area (Å²) in [6, 6.07) is 13.8. The third-order valence-corrected chi connectivity index (χ3v) is 5.71. The fraction of sp³-hybridized carbons (Fsp3) is 0.348. The molecule has 3 rings (SSSR count). The Kier molecular flexibility index (Phi) is 7.65. The van der Waals surface area contributed by atoms with Gasteiger partial charge in [0.2, 0.25) is 5.91 Å². The van der Waals surface area contributed by atoms with Crippen molar-refractivity contribution in [1.82, 2.24) is 5.32 Å². The maximum absolute atomic E-state index is 13.0. The van der Waals surface area contributed by atoms with Crippen LogP contribution in [0.3, 0.4) is 0 Å². The molecule has 0 unspecified atom stereocenters. The Balaban J connectivity index is 1.59. The zero-order valence-corrected chi connectivity index (χ0v) is 18.0. The molecule has 1 aliphatic rings. The van der Waals surface area contributed by atoms with Gasteiger partial charge in [0.05, 0.1) is 5.41 Å². The number of hydrogen-bond acceptors (Lipinski definition) is 5. The molecule has 1 saturated heterocycles. The first kappa shape index (κ1) is 22.8. The van der Waals surface area contributed by atoms with Gasteiger partial charge < -0.3 is 14.8 Å². The summed E-state index contributed by atoms with van der Waals surface area (Å²) in [5.74, 6) is -0.257. The molecule has 0 saturated carbocycles. The number of amides is 2. The van der Waals surface area contributed by atoms with Gasteiger partial charge in [0.25, 0.3) is 0 Å². The molecule has 1 heterocycles. The molecule has 2 aromatic carbocycles. The van der Waals surface area contributed by atoms with Crippen LogP contribution < -0.4 is 10.6 Å². The lowest BCUT2D eigenvalue weighted by molar-refractivity contribution is -0.140. The molecule has 0 bridgehead atoms. The summed E-state index contributed by atoms with van der Waals surface area (Å²) in [5.41, 5.74) is 0.997. The van der Waals surface area contributed by atoms with Crippen LogP contribution in [0.1, 0.15) is 35.7 Å². The van der Waals surface area contributed by atoms with Crippen LogP contribution in [0.25, 0.3) is 0 Å². The number of carbonyl (C=O) groups excluding carboxylic acids is 3. The largest absolute Gasteiger partial charge is 0.448 e. The highest BCUT2D eigenvalue weighted by Crippen LogP contribution is 2.32. The van der Waals surface area contributed by atoms with Crippen molar-refractivity contribution in [1.29, 1.82) is 0 Å². The van der Waals surface area contributed by atoms with E-state index >= 15 is 0 Å². The Hall–Kier alpha value is -2.90. The lowest BCUT2D eigenvalue weighted by Crippen LogP contribution is -2.48. The van der Waals surface area contributed by atoms with E-state index in [1.807, 2.05) is 18.2 Å². The molecule has 0 radical (unpaired) electrons. The summed E-state index contributed by atoms with van der Waals surface area (Å²) in [4.78, 5) is 36.7. The Morgan fingerprint density at radius 2 is 1.74 bits per heavy atom. The normalized spacial score (nSPS) is 15.0. The van der Waals surface area contributed by atoms with E-state index in [4.69, 9.17) is 21.1 Å². The molecular weight excluding hydrogens is 420 g/mol. The number of hydrogen-bond donors (Lipinski definition) is 2. The van der Waals surface area contributed by atoms with Gasteiger partial charge in [0.1, 0.15) is 6.61 Å². The number of carbonyl (C=O) groups is 3. The monoisotopic (exact) mass is 444 g/mol. The second-order valence-electron chi connectivity index (χ2n) is 7.50. The molecule has 31 heavy (non-hydrogen) atoms. The smallest absolute Gasteiger partial charge is 0.411 e. The summed E-state index contributed by atoms with van der Waals surface area (Å²) in [7, 11) is 0. The first-order chi connectivity index (χ1) is 14.9. The molecule has 7 nitrogen and oxygen atoms in total. The van der Waals surface area contributed by atoms with Crippen molar-refractivity contribution in [2.24, 2.45) is 5.41 Å². The van der Waals surface area contributed by atoms with Gasteiger partial charge in [-0.05, 0) is 55.7 Å². The molecule has 2 amide bonds. The van der Waals surface area contributed by atoms with E-state index in [1.165, 1.54) is 6.92 Å². The van der Waals surface area contributed by atoms with Crippen molar-refractivity contribution in [2.45, 2.75) is 26.3 Å². The third kappa shape index (κ3) is 6.06. The number of anilines is 1. The van der Waals surface area contributed by atoms with E-state index in [-0.39, 0.29) is 24.8 Å². The summed E-state index contributed by atoms with van der Waals surface area (Å²) >= 11 is 6.17. The highest BCUT2D eigenvalue weighted by molar-refractivity contribution is 6.31. The van der Waals surface area contributed by atoms with E-state index in [0.29, 0.717) is 42.3 Å². The molecule has 1 fully saturated rings. The quantitative estimate of drug-likeness (QED) is 0.624. The third-order valence-electron chi connectivity index (χ3n) is 5.35. The number of nitrogens with one attached hydrogen (secondary N) is 2. The van der Waals surface area contributed by atoms with Crippen LogP contribution in [0, 0.1) is 5.41 Å². The Morgan fingerprint density at radius 3 is 2.39 bits per heavy atom. The number of Topliss-reactive ketones (excluding diaryl/α,β-unsaturated/α-hetero) is 1. The molecule has 0 aromatic heterocycles. The summed E-state index contributed by atoms with van der Waals surface area (Å²) in [5, 5.41) is 6.11. The average Bonchev–Trinajstić information content (AvgIpc) is 2.78. The molecule has 164 valence electrons. The van der Waals surface area contributed by atoms with Gasteiger partial charge in [-0.15, -0.1) is 0 Å². The standard InChI is InChI=1S/C23H25ClN2O5/c1-16(27)17-6-8-19(9-7-17)26-22(29)31-15-23(10-12-30-13-11-23)21(28)25-14-18-4-2-3-5-20(18)24/h2-9H,10-15H2,1H3,(H,25,28)(H,26,29). The number of benzene rings is 2. The molecule has 2 aromatic rings. The van der Waals surface area contributed by atoms with E-state index < -0.39 is 11.5 Å². The number of ether oxygens (including phenoxy) is 2. The van der Waals surface area contributed by atoms with Gasteiger partial charge >= 0.3 is 6.09 Å². The van der Waals surface area contributed by atoms with Crippen LogP contribution >= 0.6 is 11.6 Å². The van der Waals surface area contributed by atoms with Gasteiger partial charge in [-0.25, -0.2) is 4.79 Å². The molecule has 8 heteroatoms. The van der Waals surface area contributed by atoms with Gasteiger partial charge in [0.15, 0.2) is 5.78 Å². The molecule has 2 N–H and O–H groups in total. The van der Waals surface area contributed by atoms with E-state index in [9.17, 15) is 14.4 Å². The summed E-state index contributed by atoms with van der Waals surface area (Å²) < 4.78 is 10.8. The fourth-order valence-electron chi connectivity index (χ4n) is 3.35. The molecular formula is C23H25ClN2O5. The van der Waals surface area contributed by atoms with Crippen molar-refractivity contribution in [3.05, 3.63) is 64.7 Å². The minimum absolute atomic E-state index is 0.0570. The highest BCUT2D eigenvalue weighted by atomic mass is 35.5. The zero-order valence-electron chi connectivity index (χ0n) is 17.3. The van der Waals surface area contributed by atoms with Crippen LogP contribution in [-0.4, -0.2) is 37.6 Å². The lowest BCUT2D eigenvalue weighted by Gasteiger charge is -2.35. The minimum atomic E-state index is -0.866. The maximum Gasteiger partial charge on any atom is 0.411 e. The second kappa shape index (κ2) is 10.4. The highest BCUT2D eigenvalue weighted by Gasteiger charge is 2.41. The first-order valence-corrected chi connectivity index (χ1v) is 10.4. The lowest BCUT2D eigenvalue weighted by atomic mass is 9.80. The fourth-order valence-corrected chi connectivity index (χ4v) is 3.55. The van der Waals surface area contributed by atoms with Gasteiger partial charge in [-0.1, -0.05) is 29.8 Å². The van der Waals surface area contributed by atoms with Crippen molar-refractivity contribution < 1.29 is 23.9 Å². The van der Waals surface area contributed by atoms with Crippen LogP contribution in [-0.2, 0) is 20.8 Å². The van der Waals surface area contributed by atoms with E-state index in [2.05, 4.69) is 10.6 Å². The van der Waals surface area contributed by atoms with Crippen LogP contribution in [0.15, 0.2) is 48.5 Å². The zero-order chi connectivity index (χ0) is 22.3. The molecule has 0 atom stereocenters. The maximum atomic E-state index is 13.0. The van der Waals surface area contributed by atoms with Gasteiger partial charge in [0, 0.05) is 36.0 Å². The second-order valence-corrected chi connectivity index (χ2v) is 7.91. The van der Waals surface area contributed by atoms with E-state index in [0.717, 1.165) is 5.56 Å². The topological polar surface area (TPSA) is 93.7 Å². The van der Waals surface area contributed by atoms with Crippen molar-refractivity contribution >= 4 is 35.1 Å². The SMILES string of the molecule is CC(=O)c1ccc(NC(=O)OCC2(C(=O)NCc3ccccc3Cl)CCOCC2)cc1. The van der Waals surface area contributed by atoms with Crippen molar-refractivity contribution in [3.63, 3.8) is 0 Å². The average molecular weight is 445 g/mol. The van der Waals surface area contributed by atoms with Crippen LogP contribution in [0.2, 0.25) is 5.02 Å². The Bertz CT molecular complexity index is 939. The minimum Gasteiger partial charge on any atom is -0.448 e. The predicted octanol–water partition coefficient (Wildman–Crippen LogP) is 4.20. The van der Waals surface area contributed by atoms with Crippen molar-refractivity contribution in [2.75, 3.05) is 25.1 Å². The predicted molar refractivity (Wildman–Crippen MR) is 117 cm³/mol. The molecule has 0 aliphatic carbocycles. The summed E-state index contributed by atoms with van der Waals surface area (Å²) in [6.45, 7) is 2.52. The number of halogens is 1. The van der Waals surface area contributed by atoms with Gasteiger partial charge in [-0.3, -0.25) is 14.9 Å². The van der Waals surface area contributed by atoms with Crippen LogP contribution in [0.5, 0.6) is 0 Å². The molecule has 1 aliphatic heterocycles. The Morgan fingerprint density at radius 1 is 1.06 bits per heavy atom. The van der Waals surface area contributed by atoms with Gasteiger partial charge in [-0.2, -0.15) is 0 Å². The number of rotatable bonds is 7. The number of ketones is 1. The Labute approximate surface area is 186 Å². The first-order valence-electron chi connectivity index (χ1n) is 10.0. The molecule has 0 spiro atoms. The van der Waals surface area contributed by atoms with Crippen molar-refractivity contribution in [3.8, 4) is 0 Å². The van der Waals surface area contributed by atoms with Crippen LogP contribution in [0.4, 0.5) is 10.5 Å². The summed E-state index contributed by atoms with van der Waals surface area (Å²) in [6.07, 6.45) is 0.226.